The number of aliphatic hydroxyl groups excluding tert-OH is 2. The molecule has 16 heteroatoms. The van der Waals surface area contributed by atoms with E-state index in [9.17, 15) is 59.3 Å². The Bertz CT molecular complexity index is 638. The van der Waals surface area contributed by atoms with Crippen LogP contribution in [0.15, 0.2) is 0 Å². The second-order valence-electron chi connectivity index (χ2n) is 6.86. The van der Waals surface area contributed by atoms with Crippen LogP contribution in [0.3, 0.4) is 0 Å². The minimum absolute atomic E-state index is 0.480. The van der Waals surface area contributed by atoms with Crippen molar-refractivity contribution in [1.82, 2.24) is 0 Å². The monoisotopic (exact) mass is 467 g/mol. The highest BCUT2D eigenvalue weighted by molar-refractivity contribution is 5.66. The number of rotatable bonds is 10. The van der Waals surface area contributed by atoms with E-state index in [-0.39, 0.29) is 0 Å². The van der Waals surface area contributed by atoms with Crippen molar-refractivity contribution in [2.24, 2.45) is 5.92 Å². The highest BCUT2D eigenvalue weighted by Gasteiger charge is 2.83. The van der Waals surface area contributed by atoms with Crippen LogP contribution in [0.2, 0.25) is 0 Å². The van der Waals surface area contributed by atoms with Crippen LogP contribution in [0.4, 0.5) is 39.5 Å². The van der Waals surface area contributed by atoms with Crippen molar-refractivity contribution in [2.45, 2.75) is 43.2 Å². The van der Waals surface area contributed by atoms with Crippen molar-refractivity contribution in [2.75, 3.05) is 27.2 Å². The normalized spacial score (nSPS) is 17.3. The molecular formula is C14H18F9NO6. The Morgan fingerprint density at radius 1 is 1.00 bits per heavy atom. The van der Waals surface area contributed by atoms with Gasteiger partial charge in [0.1, 0.15) is 6.54 Å². The molecule has 0 aliphatic rings. The van der Waals surface area contributed by atoms with Gasteiger partial charge in [-0.1, -0.05) is 0 Å². The second-order valence-corrected chi connectivity index (χ2v) is 6.86. The van der Waals surface area contributed by atoms with Crippen molar-refractivity contribution in [3.05, 3.63) is 0 Å². The molecule has 0 heterocycles. The summed E-state index contributed by atoms with van der Waals surface area (Å²) in [6.07, 6.45) is -12.9. The first-order valence-corrected chi connectivity index (χ1v) is 7.76. The van der Waals surface area contributed by atoms with Crippen molar-refractivity contribution in [1.29, 1.82) is 0 Å². The summed E-state index contributed by atoms with van der Waals surface area (Å²) in [6.45, 7) is -3.01. The fourth-order valence-electron chi connectivity index (χ4n) is 2.41. The van der Waals surface area contributed by atoms with Gasteiger partial charge in [-0.15, -0.1) is 0 Å². The van der Waals surface area contributed by atoms with Crippen LogP contribution in [0.25, 0.3) is 0 Å². The number of likely N-dealkylation sites (N-methyl/N-ethyl adjacent to an activating group) is 1. The average Bonchev–Trinajstić information content (AvgIpc) is 2.50. The maximum absolute atomic E-state index is 14.3. The second kappa shape index (κ2) is 8.74. The average molecular weight is 467 g/mol. The molecule has 0 rings (SSSR count). The largest absolute Gasteiger partial charge is 0.544 e. The summed E-state index contributed by atoms with van der Waals surface area (Å²) < 4.78 is 122. The van der Waals surface area contributed by atoms with Crippen LogP contribution < -0.4 is 5.11 Å². The Morgan fingerprint density at radius 3 is 1.73 bits per heavy atom. The molecule has 3 unspecified atom stereocenters. The fraction of sp³-hybridized carbons (Fsp3) is 0.857. The number of carbonyl (C=O) groups excluding carboxylic acids is 2. The minimum atomic E-state index is -7.29. The van der Waals surface area contributed by atoms with Gasteiger partial charge in [0.05, 0.1) is 32.6 Å². The lowest BCUT2D eigenvalue weighted by atomic mass is 9.86. The number of carbonyl (C=O) groups is 2. The van der Waals surface area contributed by atoms with Crippen molar-refractivity contribution in [3.63, 3.8) is 0 Å². The zero-order valence-electron chi connectivity index (χ0n) is 15.5. The molecule has 0 saturated carbocycles. The molecule has 0 aliphatic carbocycles. The Labute approximate surface area is 163 Å². The van der Waals surface area contributed by atoms with Gasteiger partial charge in [0.25, 0.3) is 0 Å². The first kappa shape index (κ1) is 28.2. The first-order valence-electron chi connectivity index (χ1n) is 7.76. The zero-order valence-corrected chi connectivity index (χ0v) is 15.5. The Balaban J connectivity index is 6.51. The van der Waals surface area contributed by atoms with Gasteiger partial charge < -0.3 is 24.9 Å². The summed E-state index contributed by atoms with van der Waals surface area (Å²) >= 11 is 0. The van der Waals surface area contributed by atoms with Crippen molar-refractivity contribution >= 4 is 11.9 Å². The van der Waals surface area contributed by atoms with Crippen LogP contribution in [0.1, 0.15) is 6.92 Å². The van der Waals surface area contributed by atoms with Gasteiger partial charge in [-0.3, -0.25) is 9.28 Å². The molecule has 0 radical (unpaired) electrons. The number of quaternary nitrogens is 1. The third-order valence-corrected chi connectivity index (χ3v) is 4.08. The third kappa shape index (κ3) is 5.26. The standard InChI is InChI=1S/C14H18F9NO6/c1-6(26)30-9(10(29)24(2,3)4-8(27)28)7(5-25)11(15,16)12(17,18)13(19,20)14(21,22)23/h7,9-10,25,29H,4-5H2,1-3H3. The van der Waals surface area contributed by atoms with Crippen molar-refractivity contribution in [3.8, 4) is 0 Å². The van der Waals surface area contributed by atoms with E-state index in [4.69, 9.17) is 5.11 Å². The predicted octanol–water partition coefficient (Wildman–Crippen LogP) is 0.139. The molecule has 0 fully saturated rings. The molecule has 0 aromatic rings. The molecule has 0 spiro atoms. The number of halogens is 9. The number of esters is 1. The van der Waals surface area contributed by atoms with Gasteiger partial charge in [-0.05, 0) is 0 Å². The van der Waals surface area contributed by atoms with E-state index in [1.807, 2.05) is 0 Å². The maximum Gasteiger partial charge on any atom is 0.460 e. The fourth-order valence-corrected chi connectivity index (χ4v) is 2.41. The van der Waals surface area contributed by atoms with Gasteiger partial charge in [0.15, 0.2) is 6.10 Å². The number of ether oxygens (including phenoxy) is 1. The topological polar surface area (TPSA) is 107 Å². The number of aliphatic carboxylic acids is 1. The maximum atomic E-state index is 14.3. The smallest absolute Gasteiger partial charge is 0.460 e. The molecule has 3 atom stereocenters. The van der Waals surface area contributed by atoms with E-state index in [2.05, 4.69) is 4.74 Å². The van der Waals surface area contributed by atoms with Gasteiger partial charge in [0.2, 0.25) is 6.23 Å². The third-order valence-electron chi connectivity index (χ3n) is 4.08. The summed E-state index contributed by atoms with van der Waals surface area (Å²) in [5.74, 6) is -28.1. The Kier molecular flexibility index (Phi) is 8.21. The quantitative estimate of drug-likeness (QED) is 0.205. The summed E-state index contributed by atoms with van der Waals surface area (Å²) in [5.41, 5.74) is 0. The molecule has 2 N–H and O–H groups in total. The van der Waals surface area contributed by atoms with Gasteiger partial charge in [0, 0.05) is 6.92 Å². The number of carboxylic acids is 1. The molecule has 178 valence electrons. The summed E-state index contributed by atoms with van der Waals surface area (Å²) in [6, 6.07) is 0. The first-order chi connectivity index (χ1) is 13.1. The van der Waals surface area contributed by atoms with Gasteiger partial charge >= 0.3 is 29.9 Å². The van der Waals surface area contributed by atoms with E-state index >= 15 is 0 Å². The molecule has 7 nitrogen and oxygen atoms in total. The van der Waals surface area contributed by atoms with Crippen LogP contribution in [-0.4, -0.2) is 90.2 Å². The van der Waals surface area contributed by atoms with E-state index in [1.54, 1.807) is 0 Å². The zero-order chi connectivity index (χ0) is 24.5. The number of hydrogen-bond donors (Lipinski definition) is 2. The van der Waals surface area contributed by atoms with Gasteiger partial charge in [-0.25, -0.2) is 0 Å². The summed E-state index contributed by atoms with van der Waals surface area (Å²) in [5, 5.41) is 29.9. The lowest BCUT2D eigenvalue weighted by molar-refractivity contribution is -0.936. The van der Waals surface area contributed by atoms with Crippen LogP contribution in [0, 0.1) is 5.92 Å². The van der Waals surface area contributed by atoms with E-state index in [0.29, 0.717) is 6.92 Å². The molecular weight excluding hydrogens is 449 g/mol. The van der Waals surface area contributed by atoms with Gasteiger partial charge in [-0.2, -0.15) is 39.5 Å². The van der Waals surface area contributed by atoms with E-state index in [0.717, 1.165) is 14.1 Å². The highest BCUT2D eigenvalue weighted by Crippen LogP contribution is 2.56. The number of hydrogen-bond acceptors (Lipinski definition) is 6. The van der Waals surface area contributed by atoms with Crippen LogP contribution in [0.5, 0.6) is 0 Å². The molecule has 0 amide bonds. The molecule has 0 saturated heterocycles. The number of aliphatic hydroxyl groups is 2. The molecule has 0 aromatic heterocycles. The number of alkyl halides is 9. The Morgan fingerprint density at radius 2 is 1.43 bits per heavy atom. The van der Waals surface area contributed by atoms with Crippen molar-refractivity contribution < 1.29 is 73.6 Å². The highest BCUT2D eigenvalue weighted by atomic mass is 19.4. The van der Waals surface area contributed by atoms with E-state index < -0.39 is 71.8 Å². The minimum Gasteiger partial charge on any atom is -0.544 e. The molecule has 0 aromatic carbocycles. The SMILES string of the molecule is CC(=O)OC(C(CO)C(F)(F)C(F)(F)C(F)(F)C(F)(F)F)C(O)[N+](C)(C)CC(=O)[O-]. The van der Waals surface area contributed by atoms with Crippen LogP contribution >= 0.6 is 0 Å². The van der Waals surface area contributed by atoms with E-state index in [1.165, 1.54) is 0 Å². The predicted molar refractivity (Wildman–Crippen MR) is 75.0 cm³/mol. The summed E-state index contributed by atoms with van der Waals surface area (Å²) in [7, 11) is 1.54. The molecule has 0 bridgehead atoms. The number of nitrogens with zero attached hydrogens (tertiary/aromatic N) is 1. The number of carboxylic acid groups (broad SMARTS) is 1. The molecule has 30 heavy (non-hydrogen) atoms. The van der Waals surface area contributed by atoms with Crippen LogP contribution in [-0.2, 0) is 14.3 Å². The summed E-state index contributed by atoms with van der Waals surface area (Å²) in [4.78, 5) is 21.9. The molecule has 0 aliphatic heterocycles. The Hall–Kier alpha value is -1.81. The lowest BCUT2D eigenvalue weighted by Gasteiger charge is -2.43. The lowest BCUT2D eigenvalue weighted by Crippen LogP contribution is -2.68.